The molecule has 0 bridgehead atoms. The number of aromatic nitrogens is 4. The number of unbranched alkanes of at least 4 members (excludes halogenated alkanes) is 2. The fraction of sp³-hybridized carbons (Fsp3) is 0.478. The summed E-state index contributed by atoms with van der Waals surface area (Å²) in [5, 5.41) is 12.2. The third kappa shape index (κ3) is 9.53. The van der Waals surface area contributed by atoms with Crippen molar-refractivity contribution in [2.24, 2.45) is 4.99 Å². The normalized spacial score (nSPS) is 18.7. The van der Waals surface area contributed by atoms with Crippen molar-refractivity contribution in [3.8, 4) is 11.5 Å². The molecule has 322 valence electrons. The summed E-state index contributed by atoms with van der Waals surface area (Å²) in [7, 11) is 0.769. The number of ether oxygens (including phenoxy) is 4. The second kappa shape index (κ2) is 19.2. The number of aromatic amines is 1. The molecule has 1 saturated heterocycles. The number of benzene rings is 3. The molecular weight excluding hydrogens is 777 g/mol. The molecule has 14 heteroatoms. The maximum atomic E-state index is 13.4. The molecule has 4 atom stereocenters. The number of aliphatic imine (C=N–C) groups is 1. The zero-order chi connectivity index (χ0) is 43.1. The zero-order valence-electron chi connectivity index (χ0n) is 36.6. The van der Waals surface area contributed by atoms with Gasteiger partial charge in [-0.2, -0.15) is 4.98 Å². The van der Waals surface area contributed by atoms with Gasteiger partial charge >= 0.3 is 0 Å². The van der Waals surface area contributed by atoms with Crippen molar-refractivity contribution in [3.05, 3.63) is 112 Å². The summed E-state index contributed by atoms with van der Waals surface area (Å²) in [6, 6.07) is 25.7. The van der Waals surface area contributed by atoms with Crippen LogP contribution in [-0.2, 0) is 19.5 Å². The Hall–Kier alpha value is -4.86. The molecular formula is C46H62N6O7Si. The molecule has 2 N–H and O–H groups in total. The van der Waals surface area contributed by atoms with Crippen molar-refractivity contribution in [1.29, 1.82) is 0 Å². The van der Waals surface area contributed by atoms with E-state index in [1.807, 2.05) is 78.9 Å². The van der Waals surface area contributed by atoms with Gasteiger partial charge in [0.1, 0.15) is 35.4 Å². The number of hydrogen-bond acceptors (Lipinski definition) is 10. The van der Waals surface area contributed by atoms with Crippen LogP contribution in [0.2, 0.25) is 18.1 Å². The van der Waals surface area contributed by atoms with E-state index < -0.39 is 44.0 Å². The van der Waals surface area contributed by atoms with Gasteiger partial charge in [-0.1, -0.05) is 102 Å². The number of fused-ring (bicyclic) bond motifs is 1. The first kappa shape index (κ1) is 44.7. The first-order chi connectivity index (χ1) is 28.8. The number of nitrogens with zero attached hydrogens (tertiary/aromatic N) is 5. The van der Waals surface area contributed by atoms with Crippen molar-refractivity contribution in [3.63, 3.8) is 0 Å². The zero-order valence-corrected chi connectivity index (χ0v) is 37.6. The first-order valence-corrected chi connectivity index (χ1v) is 23.9. The number of H-pyrrole nitrogens is 1. The highest BCUT2D eigenvalue weighted by Gasteiger charge is 2.52. The molecule has 0 aliphatic carbocycles. The van der Waals surface area contributed by atoms with E-state index >= 15 is 0 Å². The molecule has 0 amide bonds. The Morgan fingerprint density at radius 3 is 2.00 bits per heavy atom. The molecule has 0 unspecified atom stereocenters. The van der Waals surface area contributed by atoms with Crippen LogP contribution in [0, 0.1) is 0 Å². The molecule has 1 fully saturated rings. The number of aliphatic hydroxyl groups is 1. The topological polar surface area (TPSA) is 146 Å². The lowest BCUT2D eigenvalue weighted by molar-refractivity contribution is -0.0930. The van der Waals surface area contributed by atoms with Gasteiger partial charge in [0.05, 0.1) is 33.5 Å². The van der Waals surface area contributed by atoms with Crippen LogP contribution in [0.25, 0.3) is 11.2 Å². The second-order valence-electron chi connectivity index (χ2n) is 16.9. The highest BCUT2D eigenvalue weighted by molar-refractivity contribution is 6.74. The van der Waals surface area contributed by atoms with Crippen molar-refractivity contribution < 1.29 is 28.5 Å². The maximum absolute atomic E-state index is 13.4. The molecule has 0 saturated carbocycles. The van der Waals surface area contributed by atoms with Crippen LogP contribution in [0.4, 0.5) is 5.95 Å². The molecule has 3 heterocycles. The van der Waals surface area contributed by atoms with Crippen LogP contribution in [-0.4, -0.2) is 96.4 Å². The Labute approximate surface area is 354 Å². The van der Waals surface area contributed by atoms with E-state index in [9.17, 15) is 9.90 Å². The minimum atomic E-state index is -2.51. The number of methoxy groups -OCH3 is 2. The average molecular weight is 839 g/mol. The van der Waals surface area contributed by atoms with Gasteiger partial charge in [-0.05, 0) is 71.9 Å². The Morgan fingerprint density at radius 2 is 1.47 bits per heavy atom. The Morgan fingerprint density at radius 1 is 0.900 bits per heavy atom. The largest absolute Gasteiger partial charge is 0.497 e. The second-order valence-corrected chi connectivity index (χ2v) is 21.7. The lowest BCUT2D eigenvalue weighted by atomic mass is 9.80. The molecule has 13 nitrogen and oxygen atoms in total. The molecule has 1 aliphatic heterocycles. The molecule has 6 rings (SSSR count). The Kier molecular flexibility index (Phi) is 14.3. The van der Waals surface area contributed by atoms with Crippen LogP contribution in [0.5, 0.6) is 11.5 Å². The third-order valence-corrected chi connectivity index (χ3v) is 16.3. The van der Waals surface area contributed by atoms with Gasteiger partial charge in [0.15, 0.2) is 25.7 Å². The minimum absolute atomic E-state index is 0.0152. The minimum Gasteiger partial charge on any atom is -0.497 e. The summed E-state index contributed by atoms with van der Waals surface area (Å²) in [5.41, 5.74) is 1.38. The quantitative estimate of drug-likeness (QED) is 0.0360. The van der Waals surface area contributed by atoms with Crippen LogP contribution in [0.15, 0.2) is 95.0 Å². The van der Waals surface area contributed by atoms with Gasteiger partial charge in [0.2, 0.25) is 5.95 Å². The van der Waals surface area contributed by atoms with Crippen LogP contribution < -0.4 is 15.0 Å². The van der Waals surface area contributed by atoms with E-state index in [2.05, 4.69) is 67.6 Å². The Bertz CT molecular complexity index is 2170. The smallest absolute Gasteiger partial charge is 0.280 e. The van der Waals surface area contributed by atoms with Gasteiger partial charge in [0.25, 0.3) is 5.56 Å². The summed E-state index contributed by atoms with van der Waals surface area (Å²) in [6.07, 6.45) is 3.64. The van der Waals surface area contributed by atoms with Crippen LogP contribution in [0.1, 0.15) is 83.2 Å². The molecule has 2 aromatic heterocycles. The first-order valence-electron chi connectivity index (χ1n) is 21.0. The number of nitrogens with one attached hydrogen (secondary N) is 1. The molecule has 60 heavy (non-hydrogen) atoms. The van der Waals surface area contributed by atoms with Gasteiger partial charge in [-0.15, -0.1) is 0 Å². The summed E-state index contributed by atoms with van der Waals surface area (Å²) in [6.45, 7) is 16.8. The lowest BCUT2D eigenvalue weighted by Crippen LogP contribution is -2.50. The number of aliphatic hydroxyl groups excluding tert-OH is 1. The van der Waals surface area contributed by atoms with E-state index in [1.54, 1.807) is 25.1 Å². The summed E-state index contributed by atoms with van der Waals surface area (Å²) >= 11 is 0. The predicted octanol–water partition coefficient (Wildman–Crippen LogP) is 8.36. The van der Waals surface area contributed by atoms with E-state index in [-0.39, 0.29) is 28.8 Å². The molecule has 3 aromatic carbocycles. The fourth-order valence-electron chi connectivity index (χ4n) is 7.28. The summed E-state index contributed by atoms with van der Waals surface area (Å²) < 4.78 is 33.9. The lowest BCUT2D eigenvalue weighted by Gasteiger charge is -2.41. The Balaban J connectivity index is 1.42. The molecule has 5 aromatic rings. The highest BCUT2D eigenvalue weighted by atomic mass is 28.4. The standard InChI is InChI=1S/C46H62N6O7Si/c1-10-12-27-51(28-13-11-2)30-48-44-49-41-38(42(54)50-44)47-31-52(41)43-39(53)40(59-60(8,9)45(3,4)5)37(58-43)29-57-46(32-17-15-14-16-18-32,33-19-23-35(55-6)24-20-33)34-21-25-36(56-7)26-22-34/h14-26,30-31,37,39-40,43,53H,10-13,27-29H2,1-9H3,(H,49,50,54)/t37-,39-,40-,43-/m0/s1. The third-order valence-electron chi connectivity index (χ3n) is 11.8. The van der Waals surface area contributed by atoms with Gasteiger partial charge < -0.3 is 33.4 Å². The fourth-order valence-corrected chi connectivity index (χ4v) is 8.60. The van der Waals surface area contributed by atoms with Crippen molar-refractivity contribution >= 4 is 31.8 Å². The van der Waals surface area contributed by atoms with E-state index in [1.165, 1.54) is 6.33 Å². The van der Waals surface area contributed by atoms with E-state index in [0.717, 1.165) is 55.5 Å². The average Bonchev–Trinajstić information content (AvgIpc) is 3.81. The van der Waals surface area contributed by atoms with Gasteiger partial charge in [0, 0.05) is 13.1 Å². The maximum Gasteiger partial charge on any atom is 0.280 e. The van der Waals surface area contributed by atoms with E-state index in [0.29, 0.717) is 11.5 Å². The van der Waals surface area contributed by atoms with Gasteiger partial charge in [-0.3, -0.25) is 14.3 Å². The monoisotopic (exact) mass is 838 g/mol. The highest BCUT2D eigenvalue weighted by Crippen LogP contribution is 2.45. The molecule has 1 aliphatic rings. The van der Waals surface area contributed by atoms with E-state index in [4.69, 9.17) is 28.4 Å². The van der Waals surface area contributed by atoms with Gasteiger partial charge in [-0.25, -0.2) is 9.98 Å². The van der Waals surface area contributed by atoms with Crippen molar-refractivity contribution in [2.45, 2.75) is 109 Å². The van der Waals surface area contributed by atoms with Crippen LogP contribution >= 0.6 is 0 Å². The molecule has 0 radical (unpaired) electrons. The van der Waals surface area contributed by atoms with Crippen molar-refractivity contribution in [2.75, 3.05) is 33.9 Å². The SMILES string of the molecule is CCCCN(C=Nc1nc2c(ncn2[C@H]2O[C@@H](COC(c3ccccc3)(c3ccc(OC)cc3)c3ccc(OC)cc3)[C@H](O[Si](C)(C)C(C)(C)C)[C@@H]2O)c(=O)[nH]1)CCCC. The number of rotatable bonds is 19. The predicted molar refractivity (Wildman–Crippen MR) is 238 cm³/mol. The number of imidazole rings is 1. The summed E-state index contributed by atoms with van der Waals surface area (Å²) in [5.74, 6) is 1.56. The van der Waals surface area contributed by atoms with Crippen molar-refractivity contribution in [1.82, 2.24) is 24.4 Å². The molecule has 0 spiro atoms. The number of hydrogen-bond donors (Lipinski definition) is 2. The summed E-state index contributed by atoms with van der Waals surface area (Å²) in [4.78, 5) is 32.1. The van der Waals surface area contributed by atoms with Crippen LogP contribution in [0.3, 0.4) is 0 Å².